The molecule has 0 spiro atoms. The second-order valence-corrected chi connectivity index (χ2v) is 12.3. The van der Waals surface area contributed by atoms with Crippen LogP contribution >= 0.6 is 0 Å². The molecular formula is C29H34N2O6S. The van der Waals surface area contributed by atoms with E-state index in [1.54, 1.807) is 0 Å². The molecule has 1 aromatic heterocycles. The maximum atomic E-state index is 13.0. The molecule has 38 heavy (non-hydrogen) atoms. The molecule has 0 aliphatic heterocycles. The summed E-state index contributed by atoms with van der Waals surface area (Å²) in [6.45, 7) is 3.03. The van der Waals surface area contributed by atoms with Gasteiger partial charge in [-0.05, 0) is 87.6 Å². The average molecular weight is 539 g/mol. The van der Waals surface area contributed by atoms with E-state index in [1.807, 2.05) is 35.1 Å². The van der Waals surface area contributed by atoms with Crippen molar-refractivity contribution < 1.29 is 27.5 Å². The Labute approximate surface area is 223 Å². The van der Waals surface area contributed by atoms with Gasteiger partial charge in [0.1, 0.15) is 5.75 Å². The second-order valence-electron chi connectivity index (χ2n) is 10.7. The predicted molar refractivity (Wildman–Crippen MR) is 145 cm³/mol. The molecule has 2 aromatic carbocycles. The van der Waals surface area contributed by atoms with Crippen LogP contribution in [-0.4, -0.2) is 25.7 Å². The largest absolute Gasteiger partial charge is 0.490 e. The topological polar surface area (TPSA) is 118 Å². The van der Waals surface area contributed by atoms with E-state index in [-0.39, 0.29) is 11.7 Å². The Morgan fingerprint density at radius 1 is 1.03 bits per heavy atom. The van der Waals surface area contributed by atoms with Gasteiger partial charge in [-0.15, -0.1) is 0 Å². The van der Waals surface area contributed by atoms with Crippen molar-refractivity contribution in [3.8, 4) is 16.9 Å². The van der Waals surface area contributed by atoms with Crippen molar-refractivity contribution in [2.45, 2.75) is 82.0 Å². The Morgan fingerprint density at radius 3 is 2.45 bits per heavy atom. The zero-order valence-electron chi connectivity index (χ0n) is 21.7. The molecular weight excluding hydrogens is 504 g/mol. The fourth-order valence-corrected chi connectivity index (χ4v) is 6.08. The molecule has 1 saturated carbocycles. The lowest BCUT2D eigenvalue weighted by Crippen LogP contribution is -2.34. The number of nitrogens with one attached hydrogen (secondary N) is 2. The quantitative estimate of drug-likeness (QED) is 0.346. The van der Waals surface area contributed by atoms with Crippen LogP contribution < -0.4 is 14.8 Å². The van der Waals surface area contributed by atoms with Crippen LogP contribution in [0.5, 0.6) is 5.75 Å². The molecule has 0 unspecified atom stereocenters. The van der Waals surface area contributed by atoms with Crippen LogP contribution in [0.3, 0.4) is 0 Å². The number of fused-ring (bicyclic) bond motifs is 1. The van der Waals surface area contributed by atoms with E-state index in [2.05, 4.69) is 11.4 Å². The van der Waals surface area contributed by atoms with Gasteiger partial charge in [-0.2, -0.15) is 8.42 Å². The van der Waals surface area contributed by atoms with Gasteiger partial charge in [-0.1, -0.05) is 30.7 Å². The standard InChI is InChI=1S/C29H34N2O6S/c1-29(2,33)21-17-26(36-18-21)38(34,35)31-28(32)30-27-24-10-6-7-19(24)13-16-25(27)20-11-14-23(15-12-20)37-22-8-4-3-5-9-22/h11-18,22,33H,3-10H2,1-2H3,(H2,30,31,32). The summed E-state index contributed by atoms with van der Waals surface area (Å²) in [5.74, 6) is 0.823. The number of carbonyl (C=O) groups excluding carboxylic acids is 1. The van der Waals surface area contributed by atoms with Gasteiger partial charge in [0.05, 0.1) is 23.7 Å². The number of anilines is 1. The zero-order chi connectivity index (χ0) is 26.9. The molecule has 2 aliphatic rings. The van der Waals surface area contributed by atoms with E-state index in [0.29, 0.717) is 5.69 Å². The van der Waals surface area contributed by atoms with Crippen molar-refractivity contribution in [2.24, 2.45) is 0 Å². The highest BCUT2D eigenvalue weighted by Crippen LogP contribution is 2.38. The lowest BCUT2D eigenvalue weighted by atomic mass is 9.97. The number of ether oxygens (including phenoxy) is 1. The maximum absolute atomic E-state index is 13.0. The normalized spacial score (nSPS) is 16.2. The van der Waals surface area contributed by atoms with E-state index in [9.17, 15) is 18.3 Å². The lowest BCUT2D eigenvalue weighted by molar-refractivity contribution is 0.0779. The van der Waals surface area contributed by atoms with Crippen LogP contribution in [0, 0.1) is 0 Å². The first-order valence-electron chi connectivity index (χ1n) is 13.2. The van der Waals surface area contributed by atoms with Crippen LogP contribution in [0.1, 0.15) is 69.1 Å². The monoisotopic (exact) mass is 538 g/mol. The van der Waals surface area contributed by atoms with E-state index in [1.165, 1.54) is 39.2 Å². The molecule has 3 N–H and O–H groups in total. The van der Waals surface area contributed by atoms with Gasteiger partial charge in [-0.25, -0.2) is 9.52 Å². The number of hydrogen-bond acceptors (Lipinski definition) is 6. The lowest BCUT2D eigenvalue weighted by Gasteiger charge is -2.23. The average Bonchev–Trinajstić information content (AvgIpc) is 3.56. The number of aliphatic hydroxyl groups is 1. The molecule has 5 rings (SSSR count). The van der Waals surface area contributed by atoms with Crippen molar-refractivity contribution in [3.63, 3.8) is 0 Å². The Balaban J connectivity index is 1.36. The minimum atomic E-state index is -4.29. The van der Waals surface area contributed by atoms with Crippen LogP contribution in [0.25, 0.3) is 11.1 Å². The number of benzene rings is 2. The molecule has 202 valence electrons. The van der Waals surface area contributed by atoms with Crippen molar-refractivity contribution in [1.82, 2.24) is 4.72 Å². The highest BCUT2D eigenvalue weighted by molar-refractivity contribution is 7.89. The smallest absolute Gasteiger partial charge is 0.333 e. The summed E-state index contributed by atoms with van der Waals surface area (Å²) < 4.78 is 38.9. The van der Waals surface area contributed by atoms with Gasteiger partial charge in [0.15, 0.2) is 0 Å². The number of amides is 2. The zero-order valence-corrected chi connectivity index (χ0v) is 22.6. The van der Waals surface area contributed by atoms with E-state index in [4.69, 9.17) is 9.15 Å². The number of urea groups is 1. The molecule has 2 aliphatic carbocycles. The number of hydrogen-bond donors (Lipinski definition) is 3. The van der Waals surface area contributed by atoms with Gasteiger partial charge in [0.2, 0.25) is 5.09 Å². The minimum Gasteiger partial charge on any atom is -0.490 e. The van der Waals surface area contributed by atoms with Crippen molar-refractivity contribution in [3.05, 3.63) is 65.4 Å². The summed E-state index contributed by atoms with van der Waals surface area (Å²) in [6, 6.07) is 12.2. The third-order valence-corrected chi connectivity index (χ3v) is 8.51. The fraction of sp³-hybridized carbons (Fsp3) is 0.414. The molecule has 0 bridgehead atoms. The highest BCUT2D eigenvalue weighted by atomic mass is 32.2. The van der Waals surface area contributed by atoms with Crippen LogP contribution in [0.15, 0.2) is 58.2 Å². The number of carbonyl (C=O) groups is 1. The Morgan fingerprint density at radius 2 is 1.76 bits per heavy atom. The molecule has 0 atom stereocenters. The summed E-state index contributed by atoms with van der Waals surface area (Å²) in [4.78, 5) is 13.0. The van der Waals surface area contributed by atoms with Crippen LogP contribution in [0.2, 0.25) is 0 Å². The maximum Gasteiger partial charge on any atom is 0.333 e. The Kier molecular flexibility index (Phi) is 7.24. The second kappa shape index (κ2) is 10.5. The Bertz CT molecular complexity index is 1410. The fourth-order valence-electron chi connectivity index (χ4n) is 5.23. The summed E-state index contributed by atoms with van der Waals surface area (Å²) in [5, 5.41) is 12.5. The summed E-state index contributed by atoms with van der Waals surface area (Å²) in [7, 11) is -4.29. The molecule has 1 fully saturated rings. The first-order chi connectivity index (χ1) is 18.1. The molecule has 2 amide bonds. The molecule has 9 heteroatoms. The van der Waals surface area contributed by atoms with E-state index < -0.39 is 26.7 Å². The molecule has 0 radical (unpaired) electrons. The molecule has 8 nitrogen and oxygen atoms in total. The molecule has 1 heterocycles. The number of furan rings is 1. The van der Waals surface area contributed by atoms with Crippen molar-refractivity contribution in [1.29, 1.82) is 0 Å². The molecule has 0 saturated heterocycles. The first kappa shape index (κ1) is 26.3. The van der Waals surface area contributed by atoms with Gasteiger partial charge in [0.25, 0.3) is 10.0 Å². The van der Waals surface area contributed by atoms with Crippen molar-refractivity contribution >= 4 is 21.7 Å². The Hall–Kier alpha value is -3.30. The summed E-state index contributed by atoms with van der Waals surface area (Å²) >= 11 is 0. The van der Waals surface area contributed by atoms with Crippen LogP contribution in [-0.2, 0) is 28.5 Å². The van der Waals surface area contributed by atoms with Gasteiger partial charge < -0.3 is 19.6 Å². The molecule has 3 aromatic rings. The SMILES string of the molecule is CC(C)(O)c1coc(S(=O)(=O)NC(=O)Nc2c(-c3ccc(OC4CCCCC4)cc3)ccc3c2CCC3)c1. The summed E-state index contributed by atoms with van der Waals surface area (Å²) in [5.41, 5.74) is 3.47. The van der Waals surface area contributed by atoms with E-state index >= 15 is 0 Å². The van der Waals surface area contributed by atoms with Gasteiger partial charge >= 0.3 is 6.03 Å². The van der Waals surface area contributed by atoms with Gasteiger partial charge in [0, 0.05) is 17.2 Å². The predicted octanol–water partition coefficient (Wildman–Crippen LogP) is 5.88. The number of rotatable bonds is 7. The van der Waals surface area contributed by atoms with E-state index in [0.717, 1.165) is 66.4 Å². The third kappa shape index (κ3) is 5.73. The van der Waals surface area contributed by atoms with Crippen molar-refractivity contribution in [2.75, 3.05) is 5.32 Å². The number of aryl methyl sites for hydroxylation is 1. The van der Waals surface area contributed by atoms with Gasteiger partial charge in [-0.3, -0.25) is 0 Å². The number of sulfonamides is 1. The summed E-state index contributed by atoms with van der Waals surface area (Å²) in [6.07, 6.45) is 9.91. The van der Waals surface area contributed by atoms with Crippen LogP contribution in [0.4, 0.5) is 10.5 Å². The third-order valence-electron chi connectivity index (χ3n) is 7.32. The minimum absolute atomic E-state index is 0.256. The first-order valence-corrected chi connectivity index (χ1v) is 14.7. The highest BCUT2D eigenvalue weighted by Gasteiger charge is 2.27.